The fourth-order valence-electron chi connectivity index (χ4n) is 4.48. The van der Waals surface area contributed by atoms with Gasteiger partial charge in [-0.15, -0.1) is 0 Å². The molecule has 0 aliphatic heterocycles. The summed E-state index contributed by atoms with van der Waals surface area (Å²) in [6.45, 7) is 9.25. The first-order valence-corrected chi connectivity index (χ1v) is 11.2. The lowest BCUT2D eigenvalue weighted by atomic mass is 9.81. The topological polar surface area (TPSA) is 60.3 Å². The summed E-state index contributed by atoms with van der Waals surface area (Å²) >= 11 is 0. The molecule has 5 nitrogen and oxygen atoms in total. The SMILES string of the molecule is CCOC(=O)c1cc(C)n(CC2CCC(C(=O)Nc3cccc(CC)c3)CC2)c1C. The van der Waals surface area contributed by atoms with Crippen molar-refractivity contribution in [2.24, 2.45) is 11.8 Å². The van der Waals surface area contributed by atoms with Crippen molar-refractivity contribution in [3.8, 4) is 0 Å². The lowest BCUT2D eigenvalue weighted by molar-refractivity contribution is -0.121. The van der Waals surface area contributed by atoms with Crippen molar-refractivity contribution in [1.82, 2.24) is 4.57 Å². The van der Waals surface area contributed by atoms with Gasteiger partial charge >= 0.3 is 5.97 Å². The van der Waals surface area contributed by atoms with Crippen molar-refractivity contribution in [1.29, 1.82) is 0 Å². The number of carbonyl (C=O) groups is 2. The monoisotopic (exact) mass is 410 g/mol. The molecule has 3 rings (SSSR count). The Balaban J connectivity index is 1.56. The van der Waals surface area contributed by atoms with Crippen molar-refractivity contribution >= 4 is 17.6 Å². The second-order valence-corrected chi connectivity index (χ2v) is 8.38. The Labute approximate surface area is 179 Å². The first-order chi connectivity index (χ1) is 14.4. The van der Waals surface area contributed by atoms with Crippen molar-refractivity contribution in [3.05, 3.63) is 52.8 Å². The van der Waals surface area contributed by atoms with E-state index >= 15 is 0 Å². The van der Waals surface area contributed by atoms with E-state index in [4.69, 9.17) is 4.74 Å². The Morgan fingerprint density at radius 3 is 2.50 bits per heavy atom. The van der Waals surface area contributed by atoms with Crippen LogP contribution < -0.4 is 5.32 Å². The van der Waals surface area contributed by atoms with E-state index in [1.165, 1.54) is 5.56 Å². The predicted molar refractivity (Wildman–Crippen MR) is 120 cm³/mol. The molecule has 1 aromatic carbocycles. The largest absolute Gasteiger partial charge is 0.462 e. The molecular formula is C25H34N2O3. The summed E-state index contributed by atoms with van der Waals surface area (Å²) in [4.78, 5) is 24.9. The van der Waals surface area contributed by atoms with Gasteiger partial charge in [0, 0.05) is 29.5 Å². The smallest absolute Gasteiger partial charge is 0.339 e. The summed E-state index contributed by atoms with van der Waals surface area (Å²) in [5, 5.41) is 3.10. The van der Waals surface area contributed by atoms with Crippen LogP contribution in [-0.4, -0.2) is 23.1 Å². The standard InChI is InChI=1S/C25H34N2O3/c1-5-19-8-7-9-22(15-19)26-24(28)21-12-10-20(11-13-21)16-27-17(3)14-23(18(27)4)25(29)30-6-2/h7-9,14-15,20-21H,5-6,10-13,16H2,1-4H3,(H,26,28). The van der Waals surface area contributed by atoms with E-state index in [0.29, 0.717) is 18.1 Å². The number of anilines is 1. The molecule has 30 heavy (non-hydrogen) atoms. The maximum Gasteiger partial charge on any atom is 0.339 e. The number of rotatable bonds is 7. The Bertz CT molecular complexity index is 892. The van der Waals surface area contributed by atoms with Gasteiger partial charge in [0.15, 0.2) is 0 Å². The third kappa shape index (κ3) is 5.13. The molecule has 0 unspecified atom stereocenters. The summed E-state index contributed by atoms with van der Waals surface area (Å²) in [6, 6.07) is 10.0. The van der Waals surface area contributed by atoms with Crippen LogP contribution in [0, 0.1) is 25.7 Å². The molecule has 0 bridgehead atoms. The molecule has 5 heteroatoms. The van der Waals surface area contributed by atoms with Gasteiger partial charge in [0.1, 0.15) is 0 Å². The molecule has 0 spiro atoms. The van der Waals surface area contributed by atoms with E-state index in [0.717, 1.165) is 55.7 Å². The van der Waals surface area contributed by atoms with E-state index < -0.39 is 0 Å². The van der Waals surface area contributed by atoms with Crippen molar-refractivity contribution in [3.63, 3.8) is 0 Å². The molecule has 0 atom stereocenters. The number of aryl methyl sites for hydroxylation is 2. The van der Waals surface area contributed by atoms with Crippen molar-refractivity contribution in [2.45, 2.75) is 66.3 Å². The Morgan fingerprint density at radius 1 is 1.10 bits per heavy atom. The summed E-state index contributed by atoms with van der Waals surface area (Å²) in [6.07, 6.45) is 4.84. The van der Waals surface area contributed by atoms with Gasteiger partial charge in [-0.05, 0) is 82.6 Å². The third-order valence-electron chi connectivity index (χ3n) is 6.33. The van der Waals surface area contributed by atoms with Gasteiger partial charge in [-0.2, -0.15) is 0 Å². The molecule has 162 valence electrons. The van der Waals surface area contributed by atoms with Gasteiger partial charge in [0.05, 0.1) is 12.2 Å². The zero-order valence-electron chi connectivity index (χ0n) is 18.7. The minimum Gasteiger partial charge on any atom is -0.462 e. The van der Waals surface area contributed by atoms with Crippen LogP contribution in [0.4, 0.5) is 5.69 Å². The van der Waals surface area contributed by atoms with Gasteiger partial charge in [0.25, 0.3) is 0 Å². The van der Waals surface area contributed by atoms with Crippen LogP contribution >= 0.6 is 0 Å². The minimum absolute atomic E-state index is 0.0773. The zero-order chi connectivity index (χ0) is 21.7. The maximum absolute atomic E-state index is 12.7. The summed E-state index contributed by atoms with van der Waals surface area (Å²) in [5.41, 5.74) is 4.85. The van der Waals surface area contributed by atoms with Gasteiger partial charge in [0.2, 0.25) is 5.91 Å². The average Bonchev–Trinajstić information content (AvgIpc) is 3.03. The first-order valence-electron chi connectivity index (χ1n) is 11.2. The van der Waals surface area contributed by atoms with Crippen LogP contribution in [0.3, 0.4) is 0 Å². The summed E-state index contributed by atoms with van der Waals surface area (Å²) < 4.78 is 7.40. The number of aromatic nitrogens is 1. The average molecular weight is 411 g/mol. The van der Waals surface area contributed by atoms with Gasteiger partial charge in [-0.1, -0.05) is 19.1 Å². The van der Waals surface area contributed by atoms with E-state index in [9.17, 15) is 9.59 Å². The lowest BCUT2D eigenvalue weighted by Crippen LogP contribution is -2.28. The molecule has 0 saturated heterocycles. The van der Waals surface area contributed by atoms with E-state index in [-0.39, 0.29) is 17.8 Å². The van der Waals surface area contributed by atoms with Gasteiger partial charge in [-0.25, -0.2) is 4.79 Å². The second-order valence-electron chi connectivity index (χ2n) is 8.38. The maximum atomic E-state index is 12.7. The molecule has 2 aromatic rings. The first kappa shape index (κ1) is 22.1. The number of nitrogens with one attached hydrogen (secondary N) is 1. The number of amides is 1. The Morgan fingerprint density at radius 2 is 1.83 bits per heavy atom. The molecule has 1 saturated carbocycles. The number of carbonyl (C=O) groups excluding carboxylic acids is 2. The molecule has 1 N–H and O–H groups in total. The van der Waals surface area contributed by atoms with Crippen LogP contribution in [0.2, 0.25) is 0 Å². The number of esters is 1. The van der Waals surface area contributed by atoms with E-state index in [1.807, 2.05) is 39.0 Å². The number of ether oxygens (including phenoxy) is 1. The second kappa shape index (κ2) is 9.96. The summed E-state index contributed by atoms with van der Waals surface area (Å²) in [5.74, 6) is 0.495. The van der Waals surface area contributed by atoms with Gasteiger partial charge in [-0.3, -0.25) is 4.79 Å². The number of benzene rings is 1. The lowest BCUT2D eigenvalue weighted by Gasteiger charge is -2.29. The molecule has 0 radical (unpaired) electrons. The predicted octanol–water partition coefficient (Wildman–Crippen LogP) is 5.29. The van der Waals surface area contributed by atoms with Crippen molar-refractivity contribution < 1.29 is 14.3 Å². The highest BCUT2D eigenvalue weighted by molar-refractivity contribution is 5.92. The molecule has 1 heterocycles. The molecule has 1 aliphatic rings. The van der Waals surface area contributed by atoms with E-state index in [1.54, 1.807) is 0 Å². The third-order valence-corrected chi connectivity index (χ3v) is 6.33. The number of hydrogen-bond donors (Lipinski definition) is 1. The van der Waals surface area contributed by atoms with Crippen LogP contribution in [-0.2, 0) is 22.5 Å². The minimum atomic E-state index is -0.246. The molecule has 1 fully saturated rings. The zero-order valence-corrected chi connectivity index (χ0v) is 18.7. The quantitative estimate of drug-likeness (QED) is 0.631. The van der Waals surface area contributed by atoms with Crippen LogP contribution in [0.1, 0.15) is 66.8 Å². The molecular weight excluding hydrogens is 376 g/mol. The van der Waals surface area contributed by atoms with E-state index in [2.05, 4.69) is 28.9 Å². The van der Waals surface area contributed by atoms with Crippen LogP contribution in [0.25, 0.3) is 0 Å². The molecule has 1 aliphatic carbocycles. The molecule has 1 amide bonds. The fourth-order valence-corrected chi connectivity index (χ4v) is 4.48. The Kier molecular flexibility index (Phi) is 7.35. The van der Waals surface area contributed by atoms with Gasteiger partial charge < -0.3 is 14.6 Å². The number of nitrogens with zero attached hydrogens (tertiary/aromatic N) is 1. The molecule has 1 aromatic heterocycles. The highest BCUT2D eigenvalue weighted by Crippen LogP contribution is 2.32. The fraction of sp³-hybridized carbons (Fsp3) is 0.520. The van der Waals surface area contributed by atoms with Crippen LogP contribution in [0.5, 0.6) is 0 Å². The Hall–Kier alpha value is -2.56. The normalized spacial score (nSPS) is 18.8. The summed E-state index contributed by atoms with van der Waals surface area (Å²) in [7, 11) is 0. The highest BCUT2D eigenvalue weighted by Gasteiger charge is 2.27. The van der Waals surface area contributed by atoms with Crippen molar-refractivity contribution in [2.75, 3.05) is 11.9 Å². The van der Waals surface area contributed by atoms with Crippen LogP contribution in [0.15, 0.2) is 30.3 Å². The highest BCUT2D eigenvalue weighted by atomic mass is 16.5. The number of hydrogen-bond acceptors (Lipinski definition) is 3.